The van der Waals surface area contributed by atoms with E-state index in [1.165, 1.54) is 16.0 Å². The van der Waals surface area contributed by atoms with Crippen molar-refractivity contribution < 1.29 is 9.59 Å². The highest BCUT2D eigenvalue weighted by Crippen LogP contribution is 2.52. The second kappa shape index (κ2) is 4.70. The molecule has 3 aliphatic rings. The van der Waals surface area contributed by atoms with Crippen molar-refractivity contribution in [2.24, 2.45) is 23.7 Å². The quantitative estimate of drug-likeness (QED) is 0.688. The van der Waals surface area contributed by atoms with Gasteiger partial charge in [0.25, 0.3) is 0 Å². The van der Waals surface area contributed by atoms with Gasteiger partial charge in [-0.1, -0.05) is 18.2 Å². The Balaban J connectivity index is 1.50. The van der Waals surface area contributed by atoms with E-state index in [-0.39, 0.29) is 42.2 Å². The van der Waals surface area contributed by atoms with E-state index in [0.717, 1.165) is 12.1 Å². The molecule has 1 saturated heterocycles. The molecule has 22 heavy (non-hydrogen) atoms. The van der Waals surface area contributed by atoms with E-state index >= 15 is 0 Å². The van der Waals surface area contributed by atoms with Gasteiger partial charge in [-0.25, -0.2) is 0 Å². The number of hydrogen-bond acceptors (Lipinski definition) is 3. The van der Waals surface area contributed by atoms with Crippen molar-refractivity contribution in [1.29, 1.82) is 0 Å². The molecule has 4 nitrogen and oxygen atoms in total. The first-order valence-electron chi connectivity index (χ1n) is 7.90. The summed E-state index contributed by atoms with van der Waals surface area (Å²) in [4.78, 5) is 26.6. The number of benzene rings is 1. The van der Waals surface area contributed by atoms with E-state index < -0.39 is 0 Å². The van der Waals surface area contributed by atoms with Gasteiger partial charge in [-0.05, 0) is 55.4 Å². The molecule has 1 saturated carbocycles. The molecule has 4 atom stereocenters. The first-order chi connectivity index (χ1) is 10.5. The number of likely N-dealkylation sites (tertiary alicyclic amines) is 1. The maximum absolute atomic E-state index is 12.6. The molecule has 114 valence electrons. The molecule has 4 unspecified atom stereocenters. The van der Waals surface area contributed by atoms with Crippen LogP contribution in [0.2, 0.25) is 0 Å². The van der Waals surface area contributed by atoms with E-state index in [1.54, 1.807) is 0 Å². The maximum atomic E-state index is 12.6. The second-order valence-electron chi connectivity index (χ2n) is 6.82. The summed E-state index contributed by atoms with van der Waals surface area (Å²) in [6.45, 7) is 4.35. The zero-order valence-corrected chi connectivity index (χ0v) is 12.9. The van der Waals surface area contributed by atoms with Crippen molar-refractivity contribution in [2.45, 2.75) is 20.3 Å². The van der Waals surface area contributed by atoms with Crippen LogP contribution in [0, 0.1) is 37.5 Å². The van der Waals surface area contributed by atoms with Gasteiger partial charge in [0.2, 0.25) is 11.8 Å². The number of imide groups is 1. The van der Waals surface area contributed by atoms with Gasteiger partial charge in [0, 0.05) is 5.69 Å². The zero-order chi connectivity index (χ0) is 15.4. The highest BCUT2D eigenvalue weighted by molar-refractivity contribution is 6.06. The minimum Gasteiger partial charge on any atom is -0.367 e. The van der Waals surface area contributed by atoms with Crippen molar-refractivity contribution in [3.8, 4) is 0 Å². The highest BCUT2D eigenvalue weighted by Gasteiger charge is 2.59. The van der Waals surface area contributed by atoms with Crippen LogP contribution < -0.4 is 5.32 Å². The molecule has 2 amide bonds. The van der Waals surface area contributed by atoms with Crippen molar-refractivity contribution in [3.63, 3.8) is 0 Å². The number of fused-ring (bicyclic) bond motifs is 5. The number of hydrogen-bond donors (Lipinski definition) is 1. The summed E-state index contributed by atoms with van der Waals surface area (Å²) < 4.78 is 0. The summed E-state index contributed by atoms with van der Waals surface area (Å²) >= 11 is 0. The van der Waals surface area contributed by atoms with E-state index in [0.29, 0.717) is 0 Å². The monoisotopic (exact) mass is 296 g/mol. The van der Waals surface area contributed by atoms with Crippen LogP contribution in [-0.4, -0.2) is 23.4 Å². The van der Waals surface area contributed by atoms with Crippen LogP contribution in [0.5, 0.6) is 0 Å². The number of carbonyl (C=O) groups excluding carboxylic acids is 2. The molecule has 1 N–H and O–H groups in total. The largest absolute Gasteiger partial charge is 0.367 e. The number of aryl methyl sites for hydroxylation is 2. The van der Waals surface area contributed by atoms with Crippen molar-refractivity contribution in [2.75, 3.05) is 12.0 Å². The minimum absolute atomic E-state index is 0.00345. The van der Waals surface area contributed by atoms with E-state index in [1.807, 2.05) is 26.0 Å². The Bertz CT molecular complexity index is 644. The van der Waals surface area contributed by atoms with E-state index in [9.17, 15) is 9.59 Å². The van der Waals surface area contributed by atoms with Crippen molar-refractivity contribution >= 4 is 17.5 Å². The zero-order valence-electron chi connectivity index (χ0n) is 12.9. The molecule has 1 aromatic rings. The van der Waals surface area contributed by atoms with Gasteiger partial charge in [0.15, 0.2) is 0 Å². The summed E-state index contributed by atoms with van der Waals surface area (Å²) in [6, 6.07) is 6.17. The topological polar surface area (TPSA) is 49.4 Å². The van der Waals surface area contributed by atoms with Gasteiger partial charge in [0.05, 0.1) is 18.5 Å². The summed E-state index contributed by atoms with van der Waals surface area (Å²) in [5.74, 6) is 0.342. The lowest BCUT2D eigenvalue weighted by Gasteiger charge is -2.19. The average molecular weight is 296 g/mol. The molecule has 1 heterocycles. The van der Waals surface area contributed by atoms with E-state index in [4.69, 9.17) is 0 Å². The molecule has 1 aliphatic heterocycles. The Hall–Kier alpha value is -2.10. The molecule has 2 bridgehead atoms. The number of allylic oxidation sites excluding steroid dienone is 2. The Morgan fingerprint density at radius 2 is 1.55 bits per heavy atom. The van der Waals surface area contributed by atoms with Crippen LogP contribution in [0.4, 0.5) is 5.69 Å². The first kappa shape index (κ1) is 13.6. The fourth-order valence-corrected chi connectivity index (χ4v) is 4.37. The van der Waals surface area contributed by atoms with Crippen LogP contribution >= 0.6 is 0 Å². The predicted octanol–water partition coefficient (Wildman–Crippen LogP) is 2.48. The normalized spacial score (nSPS) is 32.0. The SMILES string of the molecule is Cc1cc(C)cc(NCN2C(=O)C3C4C=CC(C4)C3C2=O)c1. The van der Waals surface area contributed by atoms with Gasteiger partial charge in [-0.15, -0.1) is 0 Å². The Labute approximate surface area is 130 Å². The fourth-order valence-electron chi connectivity index (χ4n) is 4.37. The molecule has 4 rings (SSSR count). The third kappa shape index (κ3) is 1.90. The van der Waals surface area contributed by atoms with E-state index in [2.05, 4.69) is 23.5 Å². The van der Waals surface area contributed by atoms with Crippen LogP contribution in [0.15, 0.2) is 30.4 Å². The highest BCUT2D eigenvalue weighted by atomic mass is 16.2. The van der Waals surface area contributed by atoms with Gasteiger partial charge in [0.1, 0.15) is 0 Å². The molecular weight excluding hydrogens is 276 g/mol. The number of carbonyl (C=O) groups is 2. The molecule has 2 fully saturated rings. The van der Waals surface area contributed by atoms with Crippen molar-refractivity contribution in [3.05, 3.63) is 41.5 Å². The second-order valence-corrected chi connectivity index (χ2v) is 6.82. The molecule has 0 radical (unpaired) electrons. The fraction of sp³-hybridized carbons (Fsp3) is 0.444. The lowest BCUT2D eigenvalue weighted by molar-refractivity contribution is -0.140. The summed E-state index contributed by atoms with van der Waals surface area (Å²) in [6.07, 6.45) is 5.22. The summed E-state index contributed by atoms with van der Waals surface area (Å²) in [7, 11) is 0. The number of rotatable bonds is 3. The molecule has 0 spiro atoms. The third-order valence-corrected chi connectivity index (χ3v) is 5.22. The van der Waals surface area contributed by atoms with Crippen LogP contribution in [0.1, 0.15) is 17.5 Å². The minimum atomic E-state index is -0.108. The number of amides is 2. The summed E-state index contributed by atoms with van der Waals surface area (Å²) in [5, 5.41) is 3.23. The Morgan fingerprint density at radius 1 is 1.00 bits per heavy atom. The molecule has 4 heteroatoms. The predicted molar refractivity (Wildman–Crippen MR) is 84.0 cm³/mol. The average Bonchev–Trinajstić information content (AvgIpc) is 3.11. The van der Waals surface area contributed by atoms with Gasteiger partial charge >= 0.3 is 0 Å². The van der Waals surface area contributed by atoms with Gasteiger partial charge in [-0.2, -0.15) is 0 Å². The number of anilines is 1. The molecule has 0 aromatic heterocycles. The molecular formula is C18H20N2O2. The number of nitrogens with zero attached hydrogens (tertiary/aromatic N) is 1. The summed E-state index contributed by atoms with van der Waals surface area (Å²) in [5.41, 5.74) is 3.29. The van der Waals surface area contributed by atoms with Crippen molar-refractivity contribution in [1.82, 2.24) is 4.90 Å². The van der Waals surface area contributed by atoms with Crippen LogP contribution in [0.3, 0.4) is 0 Å². The van der Waals surface area contributed by atoms with Crippen LogP contribution in [-0.2, 0) is 9.59 Å². The molecule has 2 aliphatic carbocycles. The first-order valence-corrected chi connectivity index (χ1v) is 7.90. The lowest BCUT2D eigenvalue weighted by atomic mass is 9.85. The standard InChI is InChI=1S/C18H20N2O2/c1-10-5-11(2)7-14(6-10)19-9-20-17(21)15-12-3-4-13(8-12)16(15)18(20)22/h3-7,12-13,15-16,19H,8-9H2,1-2H3. The molecule has 1 aromatic carbocycles. The third-order valence-electron chi connectivity index (χ3n) is 5.22. The van der Waals surface area contributed by atoms with Crippen LogP contribution in [0.25, 0.3) is 0 Å². The Morgan fingerprint density at radius 3 is 2.09 bits per heavy atom. The van der Waals surface area contributed by atoms with Gasteiger partial charge < -0.3 is 5.32 Å². The van der Waals surface area contributed by atoms with Gasteiger partial charge in [-0.3, -0.25) is 14.5 Å². The number of nitrogens with one attached hydrogen (secondary N) is 1. The Kier molecular flexibility index (Phi) is 2.90. The smallest absolute Gasteiger partial charge is 0.235 e. The lowest BCUT2D eigenvalue weighted by Crippen LogP contribution is -2.37. The maximum Gasteiger partial charge on any atom is 0.235 e.